The molecule has 0 aliphatic heterocycles. The Morgan fingerprint density at radius 2 is 1.73 bits per heavy atom. The van der Waals surface area contributed by atoms with E-state index < -0.39 is 12.1 Å². The lowest BCUT2D eigenvalue weighted by molar-refractivity contribution is 0.0363. The molecule has 2 heterocycles. The van der Waals surface area contributed by atoms with Gasteiger partial charge < -0.3 is 4.74 Å². The van der Waals surface area contributed by atoms with Gasteiger partial charge in [-0.15, -0.1) is 0 Å². The average molecular weight is 291 g/mol. The van der Waals surface area contributed by atoms with Crippen LogP contribution >= 0.6 is 0 Å². The van der Waals surface area contributed by atoms with E-state index in [-0.39, 0.29) is 5.69 Å². The molecule has 0 amide bonds. The second-order valence-electron chi connectivity index (χ2n) is 4.54. The lowest BCUT2D eigenvalue weighted by Gasteiger charge is -2.17. The molecule has 0 saturated carbocycles. The van der Waals surface area contributed by atoms with Gasteiger partial charge in [0.05, 0.1) is 11.9 Å². The third-order valence-corrected chi connectivity index (χ3v) is 3.06. The fourth-order valence-corrected chi connectivity index (χ4v) is 2.03. The molecule has 3 rings (SSSR count). The highest BCUT2D eigenvalue weighted by molar-refractivity contribution is 5.87. The first-order valence-corrected chi connectivity index (χ1v) is 6.77. The number of rotatable bonds is 4. The molecular formula is C17H13N3O2. The average Bonchev–Trinajstić information content (AvgIpc) is 2.62. The zero-order valence-electron chi connectivity index (χ0n) is 11.7. The van der Waals surface area contributed by atoms with Crippen molar-refractivity contribution in [3.05, 3.63) is 90.3 Å². The smallest absolute Gasteiger partial charge is 0.359 e. The molecule has 22 heavy (non-hydrogen) atoms. The van der Waals surface area contributed by atoms with Crippen LogP contribution in [0.25, 0.3) is 0 Å². The molecule has 0 aliphatic carbocycles. The number of carbonyl (C=O) groups is 1. The third kappa shape index (κ3) is 3.15. The van der Waals surface area contributed by atoms with Gasteiger partial charge in [-0.05, 0) is 17.7 Å². The van der Waals surface area contributed by atoms with Gasteiger partial charge in [0, 0.05) is 18.6 Å². The highest BCUT2D eigenvalue weighted by atomic mass is 16.5. The summed E-state index contributed by atoms with van der Waals surface area (Å²) in [6.45, 7) is 0. The number of benzene rings is 1. The van der Waals surface area contributed by atoms with Gasteiger partial charge in [-0.1, -0.05) is 36.4 Å². The van der Waals surface area contributed by atoms with Gasteiger partial charge in [0.25, 0.3) is 0 Å². The van der Waals surface area contributed by atoms with E-state index in [0.29, 0.717) is 5.69 Å². The van der Waals surface area contributed by atoms with Gasteiger partial charge in [0.2, 0.25) is 0 Å². The molecule has 0 spiro atoms. The minimum atomic E-state index is -0.586. The van der Waals surface area contributed by atoms with Crippen molar-refractivity contribution in [2.24, 2.45) is 0 Å². The first-order valence-electron chi connectivity index (χ1n) is 6.77. The van der Waals surface area contributed by atoms with Crippen LogP contribution in [-0.4, -0.2) is 20.9 Å². The Kier molecular flexibility index (Phi) is 4.15. The predicted octanol–water partition coefficient (Wildman–Crippen LogP) is 2.82. The first kappa shape index (κ1) is 13.9. The Hall–Kier alpha value is -3.08. The van der Waals surface area contributed by atoms with Crippen LogP contribution in [0.4, 0.5) is 0 Å². The monoisotopic (exact) mass is 291 g/mol. The minimum Gasteiger partial charge on any atom is -0.446 e. The van der Waals surface area contributed by atoms with Gasteiger partial charge in [-0.3, -0.25) is 9.97 Å². The Morgan fingerprint density at radius 1 is 0.909 bits per heavy atom. The number of aromatic nitrogens is 3. The number of carbonyl (C=O) groups excluding carboxylic acids is 1. The van der Waals surface area contributed by atoms with E-state index in [1.807, 2.05) is 48.5 Å². The molecule has 0 bridgehead atoms. The maximum atomic E-state index is 12.2. The summed E-state index contributed by atoms with van der Waals surface area (Å²) < 4.78 is 5.60. The molecule has 3 aromatic rings. The van der Waals surface area contributed by atoms with Gasteiger partial charge in [-0.2, -0.15) is 0 Å². The standard InChI is InChI=1S/C17H13N3O2/c21-17(15-12-18-10-11-20-15)22-16(13-6-2-1-3-7-13)14-8-4-5-9-19-14/h1-12,16H. The van der Waals surface area contributed by atoms with Gasteiger partial charge in [0.15, 0.2) is 11.8 Å². The molecule has 108 valence electrons. The summed E-state index contributed by atoms with van der Waals surface area (Å²) in [6, 6.07) is 15.0. The van der Waals surface area contributed by atoms with Crippen LogP contribution in [0.2, 0.25) is 0 Å². The molecule has 1 aromatic carbocycles. The maximum absolute atomic E-state index is 12.2. The molecule has 1 unspecified atom stereocenters. The number of hydrogen-bond donors (Lipinski definition) is 0. The maximum Gasteiger partial charge on any atom is 0.359 e. The summed E-state index contributed by atoms with van der Waals surface area (Å²) in [6.07, 6.45) is 5.42. The topological polar surface area (TPSA) is 65.0 Å². The summed E-state index contributed by atoms with van der Waals surface area (Å²) in [4.78, 5) is 24.4. The molecule has 0 fully saturated rings. The number of pyridine rings is 1. The van der Waals surface area contributed by atoms with Crippen LogP contribution in [-0.2, 0) is 4.74 Å². The first-order chi connectivity index (χ1) is 10.8. The highest BCUT2D eigenvalue weighted by Gasteiger charge is 2.21. The quantitative estimate of drug-likeness (QED) is 0.692. The fraction of sp³-hybridized carbons (Fsp3) is 0.0588. The van der Waals surface area contributed by atoms with E-state index >= 15 is 0 Å². The van der Waals surface area contributed by atoms with Crippen LogP contribution in [0.15, 0.2) is 73.3 Å². The Morgan fingerprint density at radius 3 is 2.41 bits per heavy atom. The fourth-order valence-electron chi connectivity index (χ4n) is 2.03. The van der Waals surface area contributed by atoms with Crippen LogP contribution in [0.3, 0.4) is 0 Å². The predicted molar refractivity (Wildman–Crippen MR) is 80.0 cm³/mol. The lowest BCUT2D eigenvalue weighted by atomic mass is 10.1. The van der Waals surface area contributed by atoms with Crippen molar-refractivity contribution in [2.75, 3.05) is 0 Å². The molecule has 0 radical (unpaired) electrons. The van der Waals surface area contributed by atoms with Gasteiger partial charge in [0.1, 0.15) is 0 Å². The van der Waals surface area contributed by atoms with Gasteiger partial charge >= 0.3 is 5.97 Å². The molecule has 0 N–H and O–H groups in total. The lowest BCUT2D eigenvalue weighted by Crippen LogP contribution is -2.15. The van der Waals surface area contributed by atoms with E-state index in [1.54, 1.807) is 6.20 Å². The summed E-state index contributed by atoms with van der Waals surface area (Å²) in [5.74, 6) is -0.535. The number of hydrogen-bond acceptors (Lipinski definition) is 5. The van der Waals surface area contributed by atoms with Crippen molar-refractivity contribution in [1.29, 1.82) is 0 Å². The van der Waals surface area contributed by atoms with Crippen LogP contribution in [0.1, 0.15) is 27.8 Å². The number of esters is 1. The van der Waals surface area contributed by atoms with Crippen LogP contribution in [0, 0.1) is 0 Å². The zero-order chi connectivity index (χ0) is 15.2. The zero-order valence-corrected chi connectivity index (χ0v) is 11.7. The SMILES string of the molecule is O=C(OC(c1ccccc1)c1ccccn1)c1cnccn1. The van der Waals surface area contributed by atoms with E-state index in [1.165, 1.54) is 18.6 Å². The van der Waals surface area contributed by atoms with Crippen molar-refractivity contribution in [3.63, 3.8) is 0 Å². The summed E-state index contributed by atoms with van der Waals surface area (Å²) in [7, 11) is 0. The van der Waals surface area contributed by atoms with Gasteiger partial charge in [-0.25, -0.2) is 9.78 Å². The molecule has 0 saturated heterocycles. The van der Waals surface area contributed by atoms with Crippen LogP contribution < -0.4 is 0 Å². The van der Waals surface area contributed by atoms with Crippen molar-refractivity contribution in [2.45, 2.75) is 6.10 Å². The van der Waals surface area contributed by atoms with E-state index in [9.17, 15) is 4.79 Å². The van der Waals surface area contributed by atoms with E-state index in [0.717, 1.165) is 5.56 Å². The summed E-state index contributed by atoms with van der Waals surface area (Å²) in [5, 5.41) is 0. The number of ether oxygens (including phenoxy) is 1. The van der Waals surface area contributed by atoms with Crippen molar-refractivity contribution in [3.8, 4) is 0 Å². The van der Waals surface area contributed by atoms with Crippen molar-refractivity contribution in [1.82, 2.24) is 15.0 Å². The summed E-state index contributed by atoms with van der Waals surface area (Å²) in [5.41, 5.74) is 1.67. The largest absolute Gasteiger partial charge is 0.446 e. The molecule has 5 heteroatoms. The highest BCUT2D eigenvalue weighted by Crippen LogP contribution is 2.25. The Balaban J connectivity index is 1.91. The third-order valence-electron chi connectivity index (χ3n) is 3.06. The molecule has 0 aliphatic rings. The van der Waals surface area contributed by atoms with E-state index in [4.69, 9.17) is 4.74 Å². The van der Waals surface area contributed by atoms with E-state index in [2.05, 4.69) is 15.0 Å². The normalized spacial score (nSPS) is 11.6. The van der Waals surface area contributed by atoms with Crippen LogP contribution in [0.5, 0.6) is 0 Å². The van der Waals surface area contributed by atoms with Crippen molar-refractivity contribution >= 4 is 5.97 Å². The molecule has 2 aromatic heterocycles. The second kappa shape index (κ2) is 6.58. The molecular weight excluding hydrogens is 278 g/mol. The second-order valence-corrected chi connectivity index (χ2v) is 4.54. The molecule has 5 nitrogen and oxygen atoms in total. The Labute approximate surface area is 127 Å². The Bertz CT molecular complexity index is 694. The number of nitrogens with zero attached hydrogens (tertiary/aromatic N) is 3. The van der Waals surface area contributed by atoms with Crippen molar-refractivity contribution < 1.29 is 9.53 Å². The molecule has 1 atom stereocenters. The minimum absolute atomic E-state index is 0.166. The summed E-state index contributed by atoms with van der Waals surface area (Å²) >= 11 is 0.